The van der Waals surface area contributed by atoms with Gasteiger partial charge in [-0.25, -0.2) is 18.4 Å². The molecule has 0 fully saturated rings. The molecule has 2 N–H and O–H groups in total. The maximum atomic E-state index is 12.6. The fourth-order valence-electron chi connectivity index (χ4n) is 3.00. The number of carbonyl (C=O) groups excluding carboxylic acids is 1. The fourth-order valence-corrected chi connectivity index (χ4v) is 3.99. The van der Waals surface area contributed by atoms with Crippen molar-refractivity contribution < 1.29 is 22.7 Å². The monoisotopic (exact) mass is 470 g/mol. The van der Waals surface area contributed by atoms with E-state index < -0.39 is 10.0 Å². The van der Waals surface area contributed by atoms with Crippen molar-refractivity contribution in [2.75, 3.05) is 23.8 Å². The lowest BCUT2D eigenvalue weighted by Crippen LogP contribution is -2.15. The van der Waals surface area contributed by atoms with Gasteiger partial charge in [-0.15, -0.1) is 0 Å². The Hall–Kier alpha value is -3.66. The van der Waals surface area contributed by atoms with Crippen LogP contribution >= 0.6 is 0 Å². The molecule has 174 valence electrons. The molecule has 0 radical (unpaired) electrons. The van der Waals surface area contributed by atoms with Gasteiger partial charge >= 0.3 is 0 Å². The van der Waals surface area contributed by atoms with Gasteiger partial charge in [0.25, 0.3) is 10.0 Å². The van der Waals surface area contributed by atoms with E-state index in [1.54, 1.807) is 51.3 Å². The highest BCUT2D eigenvalue weighted by atomic mass is 32.2. The van der Waals surface area contributed by atoms with Crippen LogP contribution in [0.4, 0.5) is 11.5 Å². The van der Waals surface area contributed by atoms with Crippen molar-refractivity contribution in [1.29, 1.82) is 0 Å². The molecule has 1 heterocycles. The first-order valence-corrected chi connectivity index (χ1v) is 11.8. The summed E-state index contributed by atoms with van der Waals surface area (Å²) in [6.07, 6.45) is 0.802. The van der Waals surface area contributed by atoms with Crippen LogP contribution in [0.3, 0.4) is 0 Å². The number of anilines is 2. The van der Waals surface area contributed by atoms with E-state index in [0.29, 0.717) is 36.0 Å². The number of sulfonamides is 1. The van der Waals surface area contributed by atoms with E-state index in [-0.39, 0.29) is 23.0 Å². The van der Waals surface area contributed by atoms with Crippen LogP contribution in [0.25, 0.3) is 0 Å². The third-order valence-electron chi connectivity index (χ3n) is 4.53. The highest BCUT2D eigenvalue weighted by molar-refractivity contribution is 7.92. The van der Waals surface area contributed by atoms with E-state index in [9.17, 15) is 13.2 Å². The van der Waals surface area contributed by atoms with Crippen molar-refractivity contribution in [3.8, 4) is 11.5 Å². The highest BCUT2D eigenvalue weighted by Crippen LogP contribution is 2.19. The van der Waals surface area contributed by atoms with Gasteiger partial charge in [0.2, 0.25) is 5.91 Å². The van der Waals surface area contributed by atoms with Gasteiger partial charge in [0.1, 0.15) is 23.1 Å². The minimum Gasteiger partial charge on any atom is -0.497 e. The molecular weight excluding hydrogens is 444 g/mol. The number of aryl methyl sites for hydroxylation is 2. The summed E-state index contributed by atoms with van der Waals surface area (Å²) in [6, 6.07) is 14.7. The zero-order valence-electron chi connectivity index (χ0n) is 18.7. The third kappa shape index (κ3) is 7.18. The lowest BCUT2D eigenvalue weighted by atomic mass is 10.2. The summed E-state index contributed by atoms with van der Waals surface area (Å²) in [7, 11) is -2.22. The van der Waals surface area contributed by atoms with E-state index >= 15 is 0 Å². The normalized spacial score (nSPS) is 11.0. The molecule has 0 bridgehead atoms. The van der Waals surface area contributed by atoms with Gasteiger partial charge in [0.05, 0.1) is 18.6 Å². The van der Waals surface area contributed by atoms with Crippen molar-refractivity contribution in [2.45, 2.75) is 31.6 Å². The van der Waals surface area contributed by atoms with Crippen molar-refractivity contribution in [3.05, 3.63) is 66.1 Å². The molecule has 0 aliphatic rings. The Balaban J connectivity index is 1.48. The van der Waals surface area contributed by atoms with Crippen molar-refractivity contribution >= 4 is 27.4 Å². The van der Waals surface area contributed by atoms with Crippen molar-refractivity contribution in [2.24, 2.45) is 0 Å². The van der Waals surface area contributed by atoms with E-state index in [4.69, 9.17) is 9.47 Å². The number of aromatic nitrogens is 2. The number of nitrogens with one attached hydrogen (secondary N) is 2. The Morgan fingerprint density at radius 1 is 0.970 bits per heavy atom. The summed E-state index contributed by atoms with van der Waals surface area (Å²) in [5.41, 5.74) is 1.16. The van der Waals surface area contributed by atoms with Crippen LogP contribution in [0.15, 0.2) is 59.5 Å². The smallest absolute Gasteiger partial charge is 0.263 e. The number of hydrogen-bond acceptors (Lipinski definition) is 7. The number of amides is 1. The van der Waals surface area contributed by atoms with Gasteiger partial charge in [-0.1, -0.05) is 0 Å². The van der Waals surface area contributed by atoms with Crippen LogP contribution in [0.1, 0.15) is 24.4 Å². The second kappa shape index (κ2) is 10.8. The number of nitrogens with zero attached hydrogens (tertiary/aromatic N) is 2. The molecule has 0 aliphatic carbocycles. The Morgan fingerprint density at radius 2 is 1.64 bits per heavy atom. The van der Waals surface area contributed by atoms with Crippen LogP contribution < -0.4 is 19.5 Å². The summed E-state index contributed by atoms with van der Waals surface area (Å²) in [6.45, 7) is 3.84. The van der Waals surface area contributed by atoms with E-state index in [0.717, 1.165) is 5.75 Å². The largest absolute Gasteiger partial charge is 0.497 e. The first-order chi connectivity index (χ1) is 15.7. The molecule has 3 aromatic rings. The summed E-state index contributed by atoms with van der Waals surface area (Å²) in [4.78, 5) is 20.4. The topological polar surface area (TPSA) is 120 Å². The minimum absolute atomic E-state index is 0.0577. The quantitative estimate of drug-likeness (QED) is 0.434. The first kappa shape index (κ1) is 24.0. The molecule has 10 heteroatoms. The van der Waals surface area contributed by atoms with Gasteiger partial charge in [-0.3, -0.25) is 9.52 Å². The molecule has 1 amide bonds. The standard InChI is InChI=1S/C23H26N4O5S/c1-16-15-22(25-17(2)24-16)27-33(29,30)21-12-6-18(7-13-21)26-23(28)5-4-14-32-20-10-8-19(31-3)9-11-20/h6-13,15H,4-5,14H2,1-3H3,(H,26,28)(H,24,25,27). The van der Waals surface area contributed by atoms with Gasteiger partial charge in [-0.2, -0.15) is 0 Å². The van der Waals surface area contributed by atoms with E-state index in [2.05, 4.69) is 20.0 Å². The predicted molar refractivity (Wildman–Crippen MR) is 125 cm³/mol. The Kier molecular flexibility index (Phi) is 7.83. The molecule has 2 aromatic carbocycles. The zero-order chi connectivity index (χ0) is 23.8. The number of benzene rings is 2. The lowest BCUT2D eigenvalue weighted by Gasteiger charge is -2.10. The van der Waals surface area contributed by atoms with Gasteiger partial charge in [0.15, 0.2) is 0 Å². The Bertz CT molecular complexity index is 1180. The SMILES string of the molecule is COc1ccc(OCCCC(=O)Nc2ccc(S(=O)(=O)Nc3cc(C)nc(C)n3)cc2)cc1. The van der Waals surface area contributed by atoms with Crippen LogP contribution in [0, 0.1) is 13.8 Å². The highest BCUT2D eigenvalue weighted by Gasteiger charge is 2.16. The summed E-state index contributed by atoms with van der Waals surface area (Å²) in [5, 5.41) is 2.75. The third-order valence-corrected chi connectivity index (χ3v) is 5.90. The summed E-state index contributed by atoms with van der Waals surface area (Å²) < 4.78 is 38.4. The molecule has 0 unspecified atom stereocenters. The number of rotatable bonds is 10. The average Bonchev–Trinajstić information content (AvgIpc) is 2.76. The molecule has 1 aromatic heterocycles. The Labute approximate surface area is 193 Å². The number of carbonyl (C=O) groups is 1. The molecule has 33 heavy (non-hydrogen) atoms. The molecule has 0 aliphatic heterocycles. The molecule has 3 rings (SSSR count). The van der Waals surface area contributed by atoms with Crippen LogP contribution in [-0.4, -0.2) is 38.0 Å². The molecule has 0 saturated carbocycles. The van der Waals surface area contributed by atoms with Gasteiger partial charge in [0, 0.05) is 23.9 Å². The second-order valence-electron chi connectivity index (χ2n) is 7.25. The number of ether oxygens (including phenoxy) is 2. The summed E-state index contributed by atoms with van der Waals surface area (Å²) >= 11 is 0. The molecule has 0 atom stereocenters. The molecule has 9 nitrogen and oxygen atoms in total. The number of methoxy groups -OCH3 is 1. The maximum absolute atomic E-state index is 12.6. The van der Waals surface area contributed by atoms with Crippen molar-refractivity contribution in [1.82, 2.24) is 9.97 Å². The summed E-state index contributed by atoms with van der Waals surface area (Å²) in [5.74, 6) is 1.94. The Morgan fingerprint density at radius 3 is 2.27 bits per heavy atom. The second-order valence-corrected chi connectivity index (χ2v) is 8.93. The van der Waals surface area contributed by atoms with E-state index in [1.165, 1.54) is 24.3 Å². The molecule has 0 saturated heterocycles. The average molecular weight is 471 g/mol. The fraction of sp³-hybridized carbons (Fsp3) is 0.261. The van der Waals surface area contributed by atoms with Gasteiger partial charge < -0.3 is 14.8 Å². The minimum atomic E-state index is -3.82. The zero-order valence-corrected chi connectivity index (χ0v) is 19.5. The molecular formula is C23H26N4O5S. The predicted octanol–water partition coefficient (Wildman–Crippen LogP) is 3.70. The first-order valence-electron chi connectivity index (χ1n) is 10.3. The van der Waals surface area contributed by atoms with Gasteiger partial charge in [-0.05, 0) is 68.8 Å². The van der Waals surface area contributed by atoms with Crippen LogP contribution in [0.2, 0.25) is 0 Å². The lowest BCUT2D eigenvalue weighted by molar-refractivity contribution is -0.116. The van der Waals surface area contributed by atoms with Crippen LogP contribution in [0.5, 0.6) is 11.5 Å². The van der Waals surface area contributed by atoms with Crippen molar-refractivity contribution in [3.63, 3.8) is 0 Å². The molecule has 0 spiro atoms. The van der Waals surface area contributed by atoms with Crippen LogP contribution in [-0.2, 0) is 14.8 Å². The maximum Gasteiger partial charge on any atom is 0.263 e. The number of hydrogen-bond donors (Lipinski definition) is 2. The van der Waals surface area contributed by atoms with E-state index in [1.807, 2.05) is 0 Å².